The monoisotopic (exact) mass is 243 g/mol. The Balaban J connectivity index is 2.36. The molecule has 0 fully saturated rings. The molecule has 3 heteroatoms. The summed E-state index contributed by atoms with van der Waals surface area (Å²) in [6.45, 7) is 6.48. The van der Waals surface area contributed by atoms with Crippen molar-refractivity contribution in [2.75, 3.05) is 0 Å². The van der Waals surface area contributed by atoms with E-state index in [2.05, 4.69) is 42.5 Å². The first-order valence-corrected chi connectivity index (χ1v) is 6.43. The summed E-state index contributed by atoms with van der Waals surface area (Å²) in [4.78, 5) is 4.25. The van der Waals surface area contributed by atoms with Gasteiger partial charge in [-0.25, -0.2) is 4.98 Å². The molecule has 0 saturated carbocycles. The largest absolute Gasteiger partial charge is 0.323 e. The van der Waals surface area contributed by atoms with Crippen molar-refractivity contribution in [1.29, 1.82) is 0 Å². The van der Waals surface area contributed by atoms with Gasteiger partial charge in [0.2, 0.25) is 0 Å². The number of para-hydroxylation sites is 1. The normalized spacial score (nSPS) is 12.9. The van der Waals surface area contributed by atoms with Gasteiger partial charge >= 0.3 is 0 Å². The number of hydrogen-bond donors (Lipinski definition) is 1. The first-order valence-electron chi connectivity index (χ1n) is 6.43. The van der Waals surface area contributed by atoms with E-state index in [9.17, 15) is 0 Å². The lowest BCUT2D eigenvalue weighted by atomic mass is 10.0. The summed E-state index contributed by atoms with van der Waals surface area (Å²) in [7, 11) is 0. The van der Waals surface area contributed by atoms with Crippen LogP contribution in [0.25, 0.3) is 5.69 Å². The topological polar surface area (TPSA) is 43.8 Å². The molecular formula is C15H21N3. The van der Waals surface area contributed by atoms with Crippen LogP contribution in [0.5, 0.6) is 0 Å². The molecule has 1 aromatic carbocycles. The number of rotatable bonds is 4. The summed E-state index contributed by atoms with van der Waals surface area (Å²) in [5.74, 6) is 0.584. The molecule has 96 valence electrons. The van der Waals surface area contributed by atoms with Gasteiger partial charge in [-0.3, -0.25) is 0 Å². The van der Waals surface area contributed by atoms with Gasteiger partial charge in [0.05, 0.1) is 18.2 Å². The minimum Gasteiger partial charge on any atom is -0.323 e. The Hall–Kier alpha value is -1.61. The molecule has 1 atom stereocenters. The van der Waals surface area contributed by atoms with Crippen LogP contribution < -0.4 is 5.73 Å². The Morgan fingerprint density at radius 2 is 2.00 bits per heavy atom. The molecule has 2 N–H and O–H groups in total. The minimum absolute atomic E-state index is 0.0344. The van der Waals surface area contributed by atoms with Crippen LogP contribution in [-0.4, -0.2) is 9.55 Å². The first kappa shape index (κ1) is 12.8. The van der Waals surface area contributed by atoms with Gasteiger partial charge in [0.15, 0.2) is 0 Å². The molecule has 2 aromatic rings. The van der Waals surface area contributed by atoms with Gasteiger partial charge in [0, 0.05) is 11.7 Å². The van der Waals surface area contributed by atoms with Crippen LogP contribution in [0.1, 0.15) is 37.6 Å². The lowest BCUT2D eigenvalue weighted by molar-refractivity contribution is 0.498. The van der Waals surface area contributed by atoms with Crippen LogP contribution in [0.15, 0.2) is 36.8 Å². The first-order chi connectivity index (χ1) is 8.59. The van der Waals surface area contributed by atoms with Gasteiger partial charge in [0.25, 0.3) is 0 Å². The Morgan fingerprint density at radius 1 is 1.28 bits per heavy atom. The Kier molecular flexibility index (Phi) is 3.82. The molecule has 0 saturated heterocycles. The standard InChI is InChI=1S/C15H21N3/c1-11(2)8-13(16)15-9-17-10-18(15)14-7-5-4-6-12(14)3/h4-7,9-11,13H,8,16H2,1-3H3. The number of aryl methyl sites for hydroxylation is 1. The quantitative estimate of drug-likeness (QED) is 0.896. The van der Waals surface area contributed by atoms with Crippen LogP contribution >= 0.6 is 0 Å². The van der Waals surface area contributed by atoms with Gasteiger partial charge in [0.1, 0.15) is 0 Å². The Morgan fingerprint density at radius 3 is 2.67 bits per heavy atom. The molecule has 0 aliphatic carbocycles. The number of nitrogens with two attached hydrogens (primary N) is 1. The van der Waals surface area contributed by atoms with E-state index in [-0.39, 0.29) is 6.04 Å². The third kappa shape index (κ3) is 2.62. The van der Waals surface area contributed by atoms with Gasteiger partial charge in [-0.2, -0.15) is 0 Å². The number of aromatic nitrogens is 2. The highest BCUT2D eigenvalue weighted by Gasteiger charge is 2.14. The fraction of sp³-hybridized carbons (Fsp3) is 0.400. The molecule has 0 radical (unpaired) electrons. The van der Waals surface area contributed by atoms with Crippen LogP contribution in [0.4, 0.5) is 0 Å². The third-order valence-corrected chi connectivity index (χ3v) is 3.15. The van der Waals surface area contributed by atoms with Crippen LogP contribution in [0, 0.1) is 12.8 Å². The van der Waals surface area contributed by atoms with Crippen molar-refractivity contribution in [1.82, 2.24) is 9.55 Å². The van der Waals surface area contributed by atoms with Gasteiger partial charge < -0.3 is 10.3 Å². The number of imidazole rings is 1. The molecule has 1 aromatic heterocycles. The molecule has 2 rings (SSSR count). The number of nitrogens with zero attached hydrogens (tertiary/aromatic N) is 2. The maximum absolute atomic E-state index is 6.27. The van der Waals surface area contributed by atoms with Crippen molar-refractivity contribution >= 4 is 0 Å². The van der Waals surface area contributed by atoms with E-state index in [1.54, 1.807) is 0 Å². The summed E-state index contributed by atoms with van der Waals surface area (Å²) in [5, 5.41) is 0. The average Bonchev–Trinajstić information content (AvgIpc) is 2.77. The van der Waals surface area contributed by atoms with Crippen molar-refractivity contribution in [2.45, 2.75) is 33.2 Å². The number of benzene rings is 1. The van der Waals surface area contributed by atoms with E-state index in [1.807, 2.05) is 24.7 Å². The number of hydrogen-bond acceptors (Lipinski definition) is 2. The van der Waals surface area contributed by atoms with E-state index in [0.29, 0.717) is 5.92 Å². The van der Waals surface area contributed by atoms with E-state index >= 15 is 0 Å². The molecule has 0 amide bonds. The Bertz CT molecular complexity index is 514. The van der Waals surface area contributed by atoms with Crippen molar-refractivity contribution in [3.05, 3.63) is 48.0 Å². The molecule has 0 bridgehead atoms. The smallest absolute Gasteiger partial charge is 0.0994 e. The summed E-state index contributed by atoms with van der Waals surface area (Å²) in [6, 6.07) is 8.33. The molecule has 1 unspecified atom stereocenters. The van der Waals surface area contributed by atoms with Gasteiger partial charge in [-0.1, -0.05) is 32.0 Å². The van der Waals surface area contributed by atoms with Crippen molar-refractivity contribution in [3.63, 3.8) is 0 Å². The summed E-state index contributed by atoms with van der Waals surface area (Å²) >= 11 is 0. The third-order valence-electron chi connectivity index (χ3n) is 3.15. The van der Waals surface area contributed by atoms with Crippen molar-refractivity contribution < 1.29 is 0 Å². The maximum atomic E-state index is 6.27. The lowest BCUT2D eigenvalue weighted by Crippen LogP contribution is -2.16. The molecule has 18 heavy (non-hydrogen) atoms. The lowest BCUT2D eigenvalue weighted by Gasteiger charge is -2.17. The van der Waals surface area contributed by atoms with Crippen LogP contribution in [0.2, 0.25) is 0 Å². The molecule has 0 aliphatic heterocycles. The minimum atomic E-state index is 0.0344. The Labute approximate surface area is 109 Å². The van der Waals surface area contributed by atoms with Crippen molar-refractivity contribution in [2.24, 2.45) is 11.7 Å². The van der Waals surface area contributed by atoms with Crippen LogP contribution in [0.3, 0.4) is 0 Å². The van der Waals surface area contributed by atoms with Gasteiger partial charge in [-0.05, 0) is 30.9 Å². The van der Waals surface area contributed by atoms with Crippen molar-refractivity contribution in [3.8, 4) is 5.69 Å². The maximum Gasteiger partial charge on any atom is 0.0994 e. The molecule has 1 heterocycles. The highest BCUT2D eigenvalue weighted by molar-refractivity contribution is 5.41. The molecule has 3 nitrogen and oxygen atoms in total. The van der Waals surface area contributed by atoms with E-state index in [4.69, 9.17) is 5.73 Å². The van der Waals surface area contributed by atoms with E-state index < -0.39 is 0 Å². The summed E-state index contributed by atoms with van der Waals surface area (Å²) in [6.07, 6.45) is 4.69. The summed E-state index contributed by atoms with van der Waals surface area (Å²) in [5.41, 5.74) is 9.74. The molecule has 0 spiro atoms. The van der Waals surface area contributed by atoms with E-state index in [1.165, 1.54) is 5.56 Å². The predicted octanol–water partition coefficient (Wildman–Crippen LogP) is 3.23. The van der Waals surface area contributed by atoms with E-state index in [0.717, 1.165) is 17.8 Å². The summed E-state index contributed by atoms with van der Waals surface area (Å²) < 4.78 is 2.10. The second-order valence-corrected chi connectivity index (χ2v) is 5.21. The average molecular weight is 243 g/mol. The zero-order chi connectivity index (χ0) is 13.1. The second-order valence-electron chi connectivity index (χ2n) is 5.21. The fourth-order valence-corrected chi connectivity index (χ4v) is 2.24. The SMILES string of the molecule is Cc1ccccc1-n1cncc1C(N)CC(C)C. The predicted molar refractivity (Wildman–Crippen MR) is 74.7 cm³/mol. The zero-order valence-corrected chi connectivity index (χ0v) is 11.3. The second kappa shape index (κ2) is 5.36. The highest BCUT2D eigenvalue weighted by Crippen LogP contribution is 2.23. The van der Waals surface area contributed by atoms with Gasteiger partial charge in [-0.15, -0.1) is 0 Å². The zero-order valence-electron chi connectivity index (χ0n) is 11.3. The fourth-order valence-electron chi connectivity index (χ4n) is 2.24. The highest BCUT2D eigenvalue weighted by atomic mass is 15.1. The molecular weight excluding hydrogens is 222 g/mol. The van der Waals surface area contributed by atoms with Crippen LogP contribution in [-0.2, 0) is 0 Å². The molecule has 0 aliphatic rings.